The third-order valence-corrected chi connectivity index (χ3v) is 1.44. The van der Waals surface area contributed by atoms with E-state index in [0.29, 0.717) is 6.54 Å². The van der Waals surface area contributed by atoms with Crippen molar-refractivity contribution in [1.82, 2.24) is 10.6 Å². The number of carbonyl (C=O) groups is 1. The molecule has 2 atom stereocenters. The molecule has 4 nitrogen and oxygen atoms in total. The zero-order valence-corrected chi connectivity index (χ0v) is 8.05. The van der Waals surface area contributed by atoms with Crippen molar-refractivity contribution in [2.75, 3.05) is 6.54 Å². The van der Waals surface area contributed by atoms with Crippen LogP contribution in [0.4, 0.5) is 4.79 Å². The monoisotopic (exact) mass is 173 g/mol. The van der Waals surface area contributed by atoms with Gasteiger partial charge in [0.2, 0.25) is 0 Å². The molecule has 4 N–H and O–H groups in total. The van der Waals surface area contributed by atoms with Gasteiger partial charge in [-0.2, -0.15) is 0 Å². The van der Waals surface area contributed by atoms with Crippen LogP contribution < -0.4 is 16.4 Å². The van der Waals surface area contributed by atoms with Crippen LogP contribution in [0.15, 0.2) is 0 Å². The maximum Gasteiger partial charge on any atom is 0.314 e. The summed E-state index contributed by atoms with van der Waals surface area (Å²) in [5.74, 6) is 0. The van der Waals surface area contributed by atoms with E-state index in [9.17, 15) is 4.79 Å². The van der Waals surface area contributed by atoms with E-state index in [1.807, 2.05) is 20.8 Å². The molecular formula is C8H19N3O. The van der Waals surface area contributed by atoms with Crippen LogP contribution in [0.1, 0.15) is 27.2 Å². The molecule has 0 aromatic heterocycles. The molecule has 0 aliphatic rings. The molecule has 0 saturated heterocycles. The summed E-state index contributed by atoms with van der Waals surface area (Å²) in [4.78, 5) is 11.0. The highest BCUT2D eigenvalue weighted by atomic mass is 16.2. The molecule has 2 unspecified atom stereocenters. The van der Waals surface area contributed by atoms with E-state index < -0.39 is 0 Å². The predicted octanol–water partition coefficient (Wildman–Crippen LogP) is 0.431. The van der Waals surface area contributed by atoms with Crippen molar-refractivity contribution >= 4 is 6.03 Å². The molecule has 0 saturated carbocycles. The summed E-state index contributed by atoms with van der Waals surface area (Å²) >= 11 is 0. The van der Waals surface area contributed by atoms with Gasteiger partial charge in [0, 0.05) is 18.6 Å². The van der Waals surface area contributed by atoms with E-state index >= 15 is 0 Å². The first-order valence-electron chi connectivity index (χ1n) is 4.36. The van der Waals surface area contributed by atoms with Crippen molar-refractivity contribution in [3.63, 3.8) is 0 Å². The van der Waals surface area contributed by atoms with Crippen molar-refractivity contribution < 1.29 is 4.79 Å². The quantitative estimate of drug-likeness (QED) is 0.577. The van der Waals surface area contributed by atoms with Crippen LogP contribution in [-0.4, -0.2) is 24.7 Å². The van der Waals surface area contributed by atoms with E-state index in [4.69, 9.17) is 5.73 Å². The van der Waals surface area contributed by atoms with E-state index in [0.717, 1.165) is 6.42 Å². The van der Waals surface area contributed by atoms with Crippen molar-refractivity contribution in [3.8, 4) is 0 Å². The highest BCUT2D eigenvalue weighted by Gasteiger charge is 2.07. The van der Waals surface area contributed by atoms with Crippen LogP contribution in [0, 0.1) is 0 Å². The van der Waals surface area contributed by atoms with Crippen LogP contribution in [0.25, 0.3) is 0 Å². The number of nitrogens with two attached hydrogens (primary N) is 1. The zero-order chi connectivity index (χ0) is 9.56. The van der Waals surface area contributed by atoms with Gasteiger partial charge in [-0.1, -0.05) is 0 Å². The number of nitrogens with one attached hydrogen (secondary N) is 2. The van der Waals surface area contributed by atoms with E-state index in [2.05, 4.69) is 10.6 Å². The van der Waals surface area contributed by atoms with Gasteiger partial charge < -0.3 is 16.4 Å². The third kappa shape index (κ3) is 5.97. The summed E-state index contributed by atoms with van der Waals surface area (Å²) < 4.78 is 0. The molecule has 0 aromatic carbocycles. The molecule has 2 amide bonds. The van der Waals surface area contributed by atoms with Crippen molar-refractivity contribution in [1.29, 1.82) is 0 Å². The molecule has 0 fully saturated rings. The first-order valence-corrected chi connectivity index (χ1v) is 4.36. The molecule has 12 heavy (non-hydrogen) atoms. The standard InChI is InChI=1S/C8H19N3O/c1-4-10-8(12)11-7(3)5-6(2)9/h6-7H,4-5,9H2,1-3H3,(H2,10,11,12). The average molecular weight is 173 g/mol. The largest absolute Gasteiger partial charge is 0.338 e. The topological polar surface area (TPSA) is 67.2 Å². The van der Waals surface area contributed by atoms with Gasteiger partial charge in [0.05, 0.1) is 0 Å². The molecule has 0 radical (unpaired) electrons. The summed E-state index contributed by atoms with van der Waals surface area (Å²) in [7, 11) is 0. The minimum Gasteiger partial charge on any atom is -0.338 e. The Bertz CT molecular complexity index is 136. The van der Waals surface area contributed by atoms with Crippen LogP contribution in [0.3, 0.4) is 0 Å². The maximum absolute atomic E-state index is 11.0. The number of hydrogen-bond donors (Lipinski definition) is 3. The fourth-order valence-electron chi connectivity index (χ4n) is 1.05. The van der Waals surface area contributed by atoms with Gasteiger partial charge in [-0.3, -0.25) is 0 Å². The Hall–Kier alpha value is -0.770. The Morgan fingerprint density at radius 2 is 2.08 bits per heavy atom. The first-order chi connectivity index (χ1) is 5.56. The fourth-order valence-corrected chi connectivity index (χ4v) is 1.05. The molecule has 0 spiro atoms. The second kappa shape index (κ2) is 5.83. The van der Waals surface area contributed by atoms with Gasteiger partial charge >= 0.3 is 6.03 Å². The lowest BCUT2D eigenvalue weighted by Crippen LogP contribution is -2.42. The molecule has 4 heteroatoms. The van der Waals surface area contributed by atoms with Gasteiger partial charge in [0.15, 0.2) is 0 Å². The second-order valence-corrected chi connectivity index (χ2v) is 3.12. The normalized spacial score (nSPS) is 15.0. The summed E-state index contributed by atoms with van der Waals surface area (Å²) in [5, 5.41) is 5.44. The lowest BCUT2D eigenvalue weighted by atomic mass is 10.1. The molecular weight excluding hydrogens is 154 g/mol. The number of urea groups is 1. The highest BCUT2D eigenvalue weighted by Crippen LogP contribution is 1.93. The Morgan fingerprint density at radius 1 is 1.50 bits per heavy atom. The van der Waals surface area contributed by atoms with Gasteiger partial charge in [-0.05, 0) is 27.2 Å². The van der Waals surface area contributed by atoms with E-state index in [1.54, 1.807) is 0 Å². The second-order valence-electron chi connectivity index (χ2n) is 3.12. The highest BCUT2D eigenvalue weighted by molar-refractivity contribution is 5.74. The number of carbonyl (C=O) groups excluding carboxylic acids is 1. The molecule has 0 heterocycles. The zero-order valence-electron chi connectivity index (χ0n) is 8.05. The molecule has 0 aliphatic heterocycles. The Kier molecular flexibility index (Phi) is 5.45. The average Bonchev–Trinajstić information content (AvgIpc) is 1.84. The van der Waals surface area contributed by atoms with Crippen LogP contribution >= 0.6 is 0 Å². The Balaban J connectivity index is 3.54. The third-order valence-electron chi connectivity index (χ3n) is 1.44. The summed E-state index contributed by atoms with van der Waals surface area (Å²) in [6, 6.07) is 0.143. The number of rotatable bonds is 4. The van der Waals surface area contributed by atoms with Crippen LogP contribution in [-0.2, 0) is 0 Å². The lowest BCUT2D eigenvalue weighted by Gasteiger charge is -2.15. The fraction of sp³-hybridized carbons (Fsp3) is 0.875. The maximum atomic E-state index is 11.0. The molecule has 0 aliphatic carbocycles. The van der Waals surface area contributed by atoms with Gasteiger partial charge in [0.1, 0.15) is 0 Å². The van der Waals surface area contributed by atoms with E-state index in [-0.39, 0.29) is 18.1 Å². The van der Waals surface area contributed by atoms with Crippen molar-refractivity contribution in [2.24, 2.45) is 5.73 Å². The first kappa shape index (κ1) is 11.2. The van der Waals surface area contributed by atoms with Crippen molar-refractivity contribution in [3.05, 3.63) is 0 Å². The van der Waals surface area contributed by atoms with Gasteiger partial charge in [-0.15, -0.1) is 0 Å². The smallest absolute Gasteiger partial charge is 0.314 e. The minimum absolute atomic E-state index is 0.120. The van der Waals surface area contributed by atoms with Crippen LogP contribution in [0.5, 0.6) is 0 Å². The Labute approximate surface area is 73.9 Å². The summed E-state index contributed by atoms with van der Waals surface area (Å²) in [6.07, 6.45) is 0.803. The molecule has 0 rings (SSSR count). The molecule has 0 aromatic rings. The molecule has 72 valence electrons. The minimum atomic E-state index is -0.120. The van der Waals surface area contributed by atoms with Crippen molar-refractivity contribution in [2.45, 2.75) is 39.3 Å². The predicted molar refractivity (Wildman–Crippen MR) is 49.9 cm³/mol. The summed E-state index contributed by atoms with van der Waals surface area (Å²) in [6.45, 7) is 6.40. The Morgan fingerprint density at radius 3 is 2.50 bits per heavy atom. The van der Waals surface area contributed by atoms with Gasteiger partial charge in [0.25, 0.3) is 0 Å². The number of amides is 2. The van der Waals surface area contributed by atoms with Gasteiger partial charge in [-0.25, -0.2) is 4.79 Å². The molecule has 0 bridgehead atoms. The van der Waals surface area contributed by atoms with E-state index in [1.165, 1.54) is 0 Å². The van der Waals surface area contributed by atoms with Crippen LogP contribution in [0.2, 0.25) is 0 Å². The SMILES string of the molecule is CCNC(=O)NC(C)CC(C)N. The number of hydrogen-bond acceptors (Lipinski definition) is 2. The lowest BCUT2D eigenvalue weighted by molar-refractivity contribution is 0.237. The summed E-state index contributed by atoms with van der Waals surface area (Å²) in [5.41, 5.74) is 5.57.